The minimum atomic E-state index is -0.291. The highest BCUT2D eigenvalue weighted by Gasteiger charge is 2.11. The predicted octanol–water partition coefficient (Wildman–Crippen LogP) is 3.76. The molecule has 0 aliphatic rings. The van der Waals surface area contributed by atoms with Gasteiger partial charge in [0.25, 0.3) is 0 Å². The quantitative estimate of drug-likeness (QED) is 0.596. The molecule has 0 atom stereocenters. The smallest absolute Gasteiger partial charge is 0.308 e. The Kier molecular flexibility index (Phi) is 6.01. The molecule has 0 fully saturated rings. The normalized spacial score (nSPS) is 11.3. The van der Waals surface area contributed by atoms with Crippen LogP contribution in [0.25, 0.3) is 10.9 Å². The van der Waals surface area contributed by atoms with Crippen molar-refractivity contribution in [3.8, 4) is 5.75 Å². The van der Waals surface area contributed by atoms with E-state index >= 15 is 0 Å². The molecule has 1 N–H and O–H groups in total. The lowest BCUT2D eigenvalue weighted by molar-refractivity contribution is -0.131. The van der Waals surface area contributed by atoms with Gasteiger partial charge in [0.15, 0.2) is 5.75 Å². The molecule has 0 spiro atoms. The molecule has 4 nitrogen and oxygen atoms in total. The van der Waals surface area contributed by atoms with Gasteiger partial charge in [-0.25, -0.2) is 0 Å². The first-order chi connectivity index (χ1) is 10.7. The maximum Gasteiger partial charge on any atom is 0.308 e. The number of H-pyrrole nitrogens is 1. The Morgan fingerprint density at radius 3 is 2.55 bits per heavy atom. The van der Waals surface area contributed by atoms with Crippen LogP contribution in [0.5, 0.6) is 5.75 Å². The van der Waals surface area contributed by atoms with Gasteiger partial charge < -0.3 is 14.6 Å². The fourth-order valence-electron chi connectivity index (χ4n) is 2.88. The predicted molar refractivity (Wildman–Crippen MR) is 90.3 cm³/mol. The number of ether oxygens (including phenoxy) is 1. The first-order valence-electron chi connectivity index (χ1n) is 8.15. The minimum Gasteiger partial charge on any atom is -0.424 e. The van der Waals surface area contributed by atoms with Gasteiger partial charge in [0.2, 0.25) is 0 Å². The second-order valence-corrected chi connectivity index (χ2v) is 5.68. The van der Waals surface area contributed by atoms with Crippen molar-refractivity contribution >= 4 is 16.9 Å². The van der Waals surface area contributed by atoms with E-state index < -0.39 is 0 Å². The first kappa shape index (κ1) is 16.6. The maximum atomic E-state index is 11.2. The highest BCUT2D eigenvalue weighted by Crippen LogP contribution is 2.27. The van der Waals surface area contributed by atoms with E-state index in [1.165, 1.54) is 25.3 Å². The number of esters is 1. The van der Waals surface area contributed by atoms with Crippen molar-refractivity contribution in [1.82, 2.24) is 9.88 Å². The maximum absolute atomic E-state index is 11.2. The zero-order valence-corrected chi connectivity index (χ0v) is 13.8. The molecule has 22 heavy (non-hydrogen) atoms. The monoisotopic (exact) mass is 302 g/mol. The summed E-state index contributed by atoms with van der Waals surface area (Å²) in [5.74, 6) is 0.316. The van der Waals surface area contributed by atoms with Crippen LogP contribution in [0.1, 0.15) is 39.2 Å². The lowest BCUT2D eigenvalue weighted by Crippen LogP contribution is -2.27. The van der Waals surface area contributed by atoms with E-state index in [-0.39, 0.29) is 5.97 Å². The molecular weight excluding hydrogens is 276 g/mol. The topological polar surface area (TPSA) is 45.3 Å². The SMILES string of the molecule is CCCN(CCC)CCc1c[nH]c2c(OC(C)=O)cccc12. The molecule has 0 aliphatic carbocycles. The van der Waals surface area contributed by atoms with Crippen molar-refractivity contribution in [3.05, 3.63) is 30.0 Å². The molecule has 0 amide bonds. The number of aromatic nitrogens is 1. The van der Waals surface area contributed by atoms with Crippen LogP contribution in [0, 0.1) is 0 Å². The van der Waals surface area contributed by atoms with Gasteiger partial charge in [-0.05, 0) is 44.0 Å². The molecule has 2 rings (SSSR count). The lowest BCUT2D eigenvalue weighted by Gasteiger charge is -2.20. The average molecular weight is 302 g/mol. The standard InChI is InChI=1S/C18H26N2O2/c1-4-10-20(11-5-2)12-9-15-13-19-18-16(15)7-6-8-17(18)22-14(3)21/h6-8,13,19H,4-5,9-12H2,1-3H3. The van der Waals surface area contributed by atoms with Gasteiger partial charge in [0.1, 0.15) is 0 Å². The number of fused-ring (bicyclic) bond motifs is 1. The second-order valence-electron chi connectivity index (χ2n) is 5.68. The highest BCUT2D eigenvalue weighted by atomic mass is 16.5. The van der Waals surface area contributed by atoms with Crippen molar-refractivity contribution in [2.45, 2.75) is 40.0 Å². The Bertz CT molecular complexity index is 613. The number of benzene rings is 1. The van der Waals surface area contributed by atoms with E-state index in [0.29, 0.717) is 5.75 Å². The lowest BCUT2D eigenvalue weighted by atomic mass is 10.1. The summed E-state index contributed by atoms with van der Waals surface area (Å²) in [6.07, 6.45) is 5.41. The summed E-state index contributed by atoms with van der Waals surface area (Å²) in [5, 5.41) is 1.15. The fraction of sp³-hybridized carbons (Fsp3) is 0.500. The zero-order chi connectivity index (χ0) is 15.9. The number of hydrogen-bond acceptors (Lipinski definition) is 3. The van der Waals surface area contributed by atoms with Gasteiger partial charge in [-0.15, -0.1) is 0 Å². The number of carbonyl (C=O) groups excluding carboxylic acids is 1. The van der Waals surface area contributed by atoms with Crippen LogP contribution >= 0.6 is 0 Å². The molecule has 0 bridgehead atoms. The van der Waals surface area contributed by atoms with E-state index in [1.807, 2.05) is 18.3 Å². The van der Waals surface area contributed by atoms with Crippen LogP contribution in [0.4, 0.5) is 0 Å². The first-order valence-corrected chi connectivity index (χ1v) is 8.15. The molecule has 120 valence electrons. The van der Waals surface area contributed by atoms with E-state index in [0.717, 1.165) is 37.0 Å². The van der Waals surface area contributed by atoms with Gasteiger partial charge in [0.05, 0.1) is 5.52 Å². The van der Waals surface area contributed by atoms with Crippen molar-refractivity contribution in [2.75, 3.05) is 19.6 Å². The van der Waals surface area contributed by atoms with E-state index in [9.17, 15) is 4.79 Å². The number of nitrogens with one attached hydrogen (secondary N) is 1. The summed E-state index contributed by atoms with van der Waals surface area (Å²) in [5.41, 5.74) is 2.19. The summed E-state index contributed by atoms with van der Waals surface area (Å²) >= 11 is 0. The molecule has 0 saturated heterocycles. The zero-order valence-electron chi connectivity index (χ0n) is 13.8. The van der Waals surface area contributed by atoms with Crippen LogP contribution in [-0.4, -0.2) is 35.5 Å². The Balaban J connectivity index is 2.13. The van der Waals surface area contributed by atoms with E-state index in [2.05, 4.69) is 29.8 Å². The Labute approximate surface area is 132 Å². The Hall–Kier alpha value is -1.81. The summed E-state index contributed by atoms with van der Waals surface area (Å²) < 4.78 is 5.26. The van der Waals surface area contributed by atoms with Crippen LogP contribution < -0.4 is 4.74 Å². The number of aromatic amines is 1. The minimum absolute atomic E-state index is 0.291. The van der Waals surface area contributed by atoms with Crippen LogP contribution in [0.3, 0.4) is 0 Å². The number of para-hydroxylation sites is 1. The van der Waals surface area contributed by atoms with Crippen LogP contribution in [-0.2, 0) is 11.2 Å². The molecule has 1 heterocycles. The van der Waals surface area contributed by atoms with Gasteiger partial charge in [-0.1, -0.05) is 26.0 Å². The molecule has 2 aromatic rings. The number of carbonyl (C=O) groups is 1. The second kappa shape index (κ2) is 7.99. The third kappa shape index (κ3) is 4.10. The van der Waals surface area contributed by atoms with E-state index in [4.69, 9.17) is 4.74 Å². The van der Waals surface area contributed by atoms with Crippen molar-refractivity contribution in [3.63, 3.8) is 0 Å². The molecule has 1 aromatic carbocycles. The number of rotatable bonds is 8. The van der Waals surface area contributed by atoms with Crippen molar-refractivity contribution in [1.29, 1.82) is 0 Å². The molecule has 0 saturated carbocycles. The summed E-state index contributed by atoms with van der Waals surface area (Å²) in [6.45, 7) is 9.23. The highest BCUT2D eigenvalue weighted by molar-refractivity contribution is 5.90. The summed E-state index contributed by atoms with van der Waals surface area (Å²) in [6, 6.07) is 5.84. The van der Waals surface area contributed by atoms with Crippen molar-refractivity contribution in [2.24, 2.45) is 0 Å². The van der Waals surface area contributed by atoms with Gasteiger partial charge >= 0.3 is 5.97 Å². The molecular formula is C18H26N2O2. The molecule has 0 radical (unpaired) electrons. The van der Waals surface area contributed by atoms with Crippen molar-refractivity contribution < 1.29 is 9.53 Å². The summed E-state index contributed by atoms with van der Waals surface area (Å²) in [4.78, 5) is 16.9. The van der Waals surface area contributed by atoms with Gasteiger partial charge in [-0.2, -0.15) is 0 Å². The summed E-state index contributed by atoms with van der Waals surface area (Å²) in [7, 11) is 0. The molecule has 0 unspecified atom stereocenters. The Morgan fingerprint density at radius 2 is 1.91 bits per heavy atom. The van der Waals surface area contributed by atoms with Gasteiger partial charge in [0, 0.05) is 25.1 Å². The van der Waals surface area contributed by atoms with E-state index in [1.54, 1.807) is 0 Å². The fourth-order valence-corrected chi connectivity index (χ4v) is 2.88. The third-order valence-electron chi connectivity index (χ3n) is 3.79. The largest absolute Gasteiger partial charge is 0.424 e. The molecule has 4 heteroatoms. The average Bonchev–Trinajstić information content (AvgIpc) is 2.89. The Morgan fingerprint density at radius 1 is 1.18 bits per heavy atom. The third-order valence-corrected chi connectivity index (χ3v) is 3.79. The van der Waals surface area contributed by atoms with Gasteiger partial charge in [-0.3, -0.25) is 4.79 Å². The number of nitrogens with zero attached hydrogens (tertiary/aromatic N) is 1. The van der Waals surface area contributed by atoms with Crippen LogP contribution in [0.2, 0.25) is 0 Å². The number of hydrogen-bond donors (Lipinski definition) is 1. The molecule has 1 aromatic heterocycles. The van der Waals surface area contributed by atoms with Crippen LogP contribution in [0.15, 0.2) is 24.4 Å². The molecule has 0 aliphatic heterocycles.